The van der Waals surface area contributed by atoms with Gasteiger partial charge in [0.2, 0.25) is 0 Å². The summed E-state index contributed by atoms with van der Waals surface area (Å²) in [7, 11) is 1.87. The van der Waals surface area contributed by atoms with E-state index in [-0.39, 0.29) is 5.91 Å². The number of carbonyl (C=O) groups is 1. The first-order chi connectivity index (χ1) is 10.3. The quantitative estimate of drug-likeness (QED) is 0.759. The van der Waals surface area contributed by atoms with E-state index in [0.29, 0.717) is 18.0 Å². The van der Waals surface area contributed by atoms with Gasteiger partial charge in [0.15, 0.2) is 0 Å². The molecule has 1 aliphatic carbocycles. The number of likely N-dealkylation sites (N-methyl/N-ethyl adjacent to an activating group) is 1. The van der Waals surface area contributed by atoms with Crippen LogP contribution in [0, 0.1) is 5.92 Å². The highest BCUT2D eigenvalue weighted by Crippen LogP contribution is 2.24. The Labute approximate surface area is 127 Å². The summed E-state index contributed by atoms with van der Waals surface area (Å²) < 4.78 is 5.84. The summed E-state index contributed by atoms with van der Waals surface area (Å²) >= 11 is 0. The largest absolute Gasteiger partial charge is 0.493 e. The monoisotopic (exact) mass is 290 g/mol. The van der Waals surface area contributed by atoms with Crippen LogP contribution in [0.2, 0.25) is 0 Å². The minimum absolute atomic E-state index is 0.0379. The van der Waals surface area contributed by atoms with Crippen LogP contribution in [0.15, 0.2) is 24.3 Å². The maximum absolute atomic E-state index is 11.9. The molecule has 1 aromatic rings. The lowest BCUT2D eigenvalue weighted by molar-refractivity contribution is 0.0954. The number of nitrogens with one attached hydrogen (secondary N) is 2. The van der Waals surface area contributed by atoms with Crippen LogP contribution in [0.3, 0.4) is 0 Å². The maximum atomic E-state index is 11.9. The van der Waals surface area contributed by atoms with Crippen LogP contribution >= 0.6 is 0 Å². The molecule has 1 saturated carbocycles. The second-order valence-corrected chi connectivity index (χ2v) is 5.70. The molecule has 0 saturated heterocycles. The third kappa shape index (κ3) is 5.38. The number of hydrogen-bond acceptors (Lipinski definition) is 3. The van der Waals surface area contributed by atoms with E-state index in [1.165, 1.54) is 32.1 Å². The molecule has 2 rings (SSSR count). The van der Waals surface area contributed by atoms with Crippen molar-refractivity contribution < 1.29 is 9.53 Å². The third-order valence-corrected chi connectivity index (χ3v) is 3.99. The van der Waals surface area contributed by atoms with Gasteiger partial charge >= 0.3 is 0 Å². The Hall–Kier alpha value is -1.55. The zero-order valence-corrected chi connectivity index (χ0v) is 12.9. The van der Waals surface area contributed by atoms with Crippen molar-refractivity contribution in [2.45, 2.75) is 32.1 Å². The molecular weight excluding hydrogens is 264 g/mol. The summed E-state index contributed by atoms with van der Waals surface area (Å²) in [5.74, 6) is 1.51. The van der Waals surface area contributed by atoms with E-state index < -0.39 is 0 Å². The Kier molecular flexibility index (Phi) is 6.54. The van der Waals surface area contributed by atoms with Crippen LogP contribution in [-0.2, 0) is 0 Å². The second kappa shape index (κ2) is 8.67. The molecule has 0 aromatic heterocycles. The van der Waals surface area contributed by atoms with E-state index in [1.807, 2.05) is 31.3 Å². The topological polar surface area (TPSA) is 50.4 Å². The van der Waals surface area contributed by atoms with E-state index in [0.717, 1.165) is 18.9 Å². The summed E-state index contributed by atoms with van der Waals surface area (Å²) in [6.45, 7) is 2.21. The lowest BCUT2D eigenvalue weighted by Crippen LogP contribution is -2.30. The molecule has 4 heteroatoms. The van der Waals surface area contributed by atoms with E-state index >= 15 is 0 Å². The predicted molar refractivity (Wildman–Crippen MR) is 84.8 cm³/mol. The number of benzene rings is 1. The van der Waals surface area contributed by atoms with Gasteiger partial charge in [-0.1, -0.05) is 19.3 Å². The van der Waals surface area contributed by atoms with Crippen molar-refractivity contribution >= 4 is 5.91 Å². The molecule has 0 atom stereocenters. The fraction of sp³-hybridized carbons (Fsp3) is 0.588. The van der Waals surface area contributed by atoms with Gasteiger partial charge in [0.05, 0.1) is 6.61 Å². The molecule has 0 radical (unpaired) electrons. The summed E-state index contributed by atoms with van der Waals surface area (Å²) in [4.78, 5) is 11.9. The summed E-state index contributed by atoms with van der Waals surface area (Å²) in [6, 6.07) is 7.42. The van der Waals surface area contributed by atoms with Gasteiger partial charge in [-0.3, -0.25) is 4.79 Å². The van der Waals surface area contributed by atoms with Crippen LogP contribution in [0.25, 0.3) is 0 Å². The lowest BCUT2D eigenvalue weighted by atomic mass is 9.90. The molecule has 0 bridgehead atoms. The van der Waals surface area contributed by atoms with Crippen molar-refractivity contribution in [3.63, 3.8) is 0 Å². The molecule has 0 spiro atoms. The van der Waals surface area contributed by atoms with Gasteiger partial charge in [-0.15, -0.1) is 0 Å². The van der Waals surface area contributed by atoms with Crippen LogP contribution in [0.1, 0.15) is 42.5 Å². The smallest absolute Gasteiger partial charge is 0.251 e. The number of ether oxygens (including phenoxy) is 1. The Morgan fingerprint density at radius 2 is 1.86 bits per heavy atom. The first kappa shape index (κ1) is 15.8. The van der Waals surface area contributed by atoms with Crippen molar-refractivity contribution in [2.24, 2.45) is 5.92 Å². The third-order valence-electron chi connectivity index (χ3n) is 3.99. The van der Waals surface area contributed by atoms with E-state index in [9.17, 15) is 4.79 Å². The molecule has 1 aliphatic rings. The van der Waals surface area contributed by atoms with Crippen molar-refractivity contribution in [1.29, 1.82) is 0 Å². The minimum atomic E-state index is -0.0379. The average molecular weight is 290 g/mol. The standard InChI is InChI=1S/C17H26N2O2/c1-18-11-12-19-17(20)15-7-9-16(10-8-15)21-13-14-5-3-2-4-6-14/h7-10,14,18H,2-6,11-13H2,1H3,(H,19,20). The Morgan fingerprint density at radius 1 is 1.14 bits per heavy atom. The molecule has 4 nitrogen and oxygen atoms in total. The summed E-state index contributed by atoms with van der Waals surface area (Å²) in [6.07, 6.45) is 6.60. The molecule has 1 amide bonds. The van der Waals surface area contributed by atoms with Gasteiger partial charge in [0, 0.05) is 18.7 Å². The highest BCUT2D eigenvalue weighted by molar-refractivity contribution is 5.94. The van der Waals surface area contributed by atoms with Crippen molar-refractivity contribution in [3.8, 4) is 5.75 Å². The van der Waals surface area contributed by atoms with Crippen molar-refractivity contribution in [3.05, 3.63) is 29.8 Å². The van der Waals surface area contributed by atoms with Gasteiger partial charge in [0.25, 0.3) is 5.91 Å². The normalized spacial score (nSPS) is 15.7. The molecule has 0 unspecified atom stereocenters. The number of amides is 1. The van der Waals surface area contributed by atoms with E-state index in [2.05, 4.69) is 10.6 Å². The Balaban J connectivity index is 1.76. The first-order valence-corrected chi connectivity index (χ1v) is 7.95. The molecule has 2 N–H and O–H groups in total. The highest BCUT2D eigenvalue weighted by atomic mass is 16.5. The maximum Gasteiger partial charge on any atom is 0.251 e. The lowest BCUT2D eigenvalue weighted by Gasteiger charge is -2.21. The minimum Gasteiger partial charge on any atom is -0.493 e. The highest BCUT2D eigenvalue weighted by Gasteiger charge is 2.14. The van der Waals surface area contributed by atoms with Gasteiger partial charge in [-0.05, 0) is 50.1 Å². The van der Waals surface area contributed by atoms with Gasteiger partial charge in [-0.2, -0.15) is 0 Å². The number of hydrogen-bond donors (Lipinski definition) is 2. The Bertz CT molecular complexity index is 425. The van der Waals surface area contributed by atoms with Gasteiger partial charge in [0.1, 0.15) is 5.75 Å². The first-order valence-electron chi connectivity index (χ1n) is 7.95. The Morgan fingerprint density at radius 3 is 2.52 bits per heavy atom. The molecule has 0 heterocycles. The van der Waals surface area contributed by atoms with E-state index in [1.54, 1.807) is 0 Å². The fourth-order valence-corrected chi connectivity index (χ4v) is 2.67. The van der Waals surface area contributed by atoms with Gasteiger partial charge in [-0.25, -0.2) is 0 Å². The van der Waals surface area contributed by atoms with Gasteiger partial charge < -0.3 is 15.4 Å². The molecule has 0 aliphatic heterocycles. The second-order valence-electron chi connectivity index (χ2n) is 5.70. The molecule has 116 valence electrons. The van der Waals surface area contributed by atoms with Crippen LogP contribution in [0.4, 0.5) is 0 Å². The van der Waals surface area contributed by atoms with Crippen LogP contribution < -0.4 is 15.4 Å². The van der Waals surface area contributed by atoms with Crippen LogP contribution in [0.5, 0.6) is 5.75 Å². The van der Waals surface area contributed by atoms with Crippen molar-refractivity contribution in [2.75, 3.05) is 26.7 Å². The summed E-state index contributed by atoms with van der Waals surface area (Å²) in [5.41, 5.74) is 0.677. The molecule has 1 fully saturated rings. The molecule has 21 heavy (non-hydrogen) atoms. The molecule has 1 aromatic carbocycles. The number of carbonyl (C=O) groups excluding carboxylic acids is 1. The predicted octanol–water partition coefficient (Wildman–Crippen LogP) is 2.59. The van der Waals surface area contributed by atoms with E-state index in [4.69, 9.17) is 4.74 Å². The molecular formula is C17H26N2O2. The van der Waals surface area contributed by atoms with Crippen LogP contribution in [-0.4, -0.2) is 32.7 Å². The average Bonchev–Trinajstić information content (AvgIpc) is 2.54. The SMILES string of the molecule is CNCCNC(=O)c1ccc(OCC2CCCCC2)cc1. The zero-order valence-electron chi connectivity index (χ0n) is 12.9. The number of rotatable bonds is 7. The van der Waals surface area contributed by atoms with Crippen molar-refractivity contribution in [1.82, 2.24) is 10.6 Å². The summed E-state index contributed by atoms with van der Waals surface area (Å²) in [5, 5.41) is 5.86. The zero-order chi connectivity index (χ0) is 14.9. The fourth-order valence-electron chi connectivity index (χ4n) is 2.67.